The van der Waals surface area contributed by atoms with Gasteiger partial charge in [0.05, 0.1) is 12.6 Å². The molecular weight excluding hydrogens is 515 g/mol. The molecule has 0 spiro atoms. The van der Waals surface area contributed by atoms with Gasteiger partial charge in [0.15, 0.2) is 5.96 Å². The lowest BCUT2D eigenvalue weighted by Gasteiger charge is -2.37. The number of nitrogens with zero attached hydrogens (tertiary/aromatic N) is 3. The minimum Gasteiger partial charge on any atom is -0.392 e. The van der Waals surface area contributed by atoms with Crippen LogP contribution in [0.3, 0.4) is 0 Å². The zero-order chi connectivity index (χ0) is 21.8. The maximum atomic E-state index is 12.0. The van der Waals surface area contributed by atoms with E-state index in [9.17, 15) is 9.90 Å². The number of anilines is 1. The van der Waals surface area contributed by atoms with Crippen LogP contribution in [0.15, 0.2) is 29.3 Å². The molecule has 4 rings (SSSR count). The number of aliphatic hydroxyl groups excluding tert-OH is 1. The van der Waals surface area contributed by atoms with Gasteiger partial charge in [-0.2, -0.15) is 0 Å². The van der Waals surface area contributed by atoms with Gasteiger partial charge >= 0.3 is 0 Å². The molecule has 32 heavy (non-hydrogen) atoms. The molecule has 1 amide bonds. The number of likely N-dealkylation sites (tertiary alicyclic amines) is 1. The Balaban J connectivity index is 0.00000289. The van der Waals surface area contributed by atoms with Crippen molar-refractivity contribution in [1.82, 2.24) is 10.2 Å². The highest BCUT2D eigenvalue weighted by Crippen LogP contribution is 2.39. The second-order valence-electron chi connectivity index (χ2n) is 9.73. The van der Waals surface area contributed by atoms with Crippen molar-refractivity contribution in [2.75, 3.05) is 37.6 Å². The number of para-hydroxylation sites is 1. The molecule has 3 unspecified atom stereocenters. The van der Waals surface area contributed by atoms with Gasteiger partial charge in [-0.15, -0.1) is 24.0 Å². The molecule has 1 aromatic rings. The van der Waals surface area contributed by atoms with Crippen molar-refractivity contribution in [3.05, 3.63) is 29.8 Å². The van der Waals surface area contributed by atoms with Crippen LogP contribution in [0.5, 0.6) is 0 Å². The normalized spacial score (nSPS) is 28.0. The van der Waals surface area contributed by atoms with E-state index < -0.39 is 0 Å². The van der Waals surface area contributed by atoms with E-state index in [1.807, 2.05) is 4.90 Å². The topological polar surface area (TPSA) is 68.2 Å². The summed E-state index contributed by atoms with van der Waals surface area (Å²) >= 11 is 0. The predicted octanol–water partition coefficient (Wildman–Crippen LogP) is 4.13. The SMILES string of the molecule is CCNC(=NCC1(C)CCCCC1O)N1CC(CCN2CCCC2=O)c2ccccc21.I. The molecule has 3 atom stereocenters. The van der Waals surface area contributed by atoms with E-state index in [1.165, 1.54) is 17.7 Å². The number of aliphatic imine (C=N–C) groups is 1. The van der Waals surface area contributed by atoms with Crippen molar-refractivity contribution >= 4 is 41.5 Å². The molecule has 0 bridgehead atoms. The van der Waals surface area contributed by atoms with Crippen LogP contribution in [0.2, 0.25) is 0 Å². The Morgan fingerprint density at radius 2 is 2.09 bits per heavy atom. The van der Waals surface area contributed by atoms with Crippen LogP contribution in [-0.2, 0) is 4.79 Å². The van der Waals surface area contributed by atoms with Gasteiger partial charge in [0.25, 0.3) is 0 Å². The Morgan fingerprint density at radius 1 is 1.28 bits per heavy atom. The first-order valence-corrected chi connectivity index (χ1v) is 12.1. The number of amides is 1. The molecule has 2 fully saturated rings. The Morgan fingerprint density at radius 3 is 2.81 bits per heavy atom. The fourth-order valence-electron chi connectivity index (χ4n) is 5.41. The van der Waals surface area contributed by atoms with Crippen LogP contribution in [0.1, 0.15) is 70.3 Å². The third-order valence-corrected chi connectivity index (χ3v) is 7.45. The zero-order valence-electron chi connectivity index (χ0n) is 19.6. The number of hydrogen-bond donors (Lipinski definition) is 2. The van der Waals surface area contributed by atoms with E-state index in [4.69, 9.17) is 4.99 Å². The van der Waals surface area contributed by atoms with Crippen LogP contribution in [-0.4, -0.2) is 60.7 Å². The second-order valence-corrected chi connectivity index (χ2v) is 9.73. The fraction of sp³-hybridized carbons (Fsp3) is 0.680. The third kappa shape index (κ3) is 5.41. The summed E-state index contributed by atoms with van der Waals surface area (Å²) in [6, 6.07) is 8.61. The summed E-state index contributed by atoms with van der Waals surface area (Å²) in [4.78, 5) is 21.4. The van der Waals surface area contributed by atoms with Crippen molar-refractivity contribution in [3.63, 3.8) is 0 Å². The number of carbonyl (C=O) groups excluding carboxylic acids is 1. The summed E-state index contributed by atoms with van der Waals surface area (Å²) in [6.07, 6.45) is 6.60. The van der Waals surface area contributed by atoms with Crippen molar-refractivity contribution in [1.29, 1.82) is 0 Å². The van der Waals surface area contributed by atoms with Gasteiger partial charge in [0, 0.05) is 49.6 Å². The van der Waals surface area contributed by atoms with Crippen molar-refractivity contribution < 1.29 is 9.90 Å². The number of aliphatic hydroxyl groups is 1. The van der Waals surface area contributed by atoms with Crippen LogP contribution in [0.4, 0.5) is 5.69 Å². The highest BCUT2D eigenvalue weighted by Gasteiger charge is 2.36. The van der Waals surface area contributed by atoms with Crippen molar-refractivity contribution in [3.8, 4) is 0 Å². The first-order valence-electron chi connectivity index (χ1n) is 12.1. The molecule has 0 aromatic heterocycles. The highest BCUT2D eigenvalue weighted by atomic mass is 127. The number of hydrogen-bond acceptors (Lipinski definition) is 3. The first kappa shape index (κ1) is 25.3. The summed E-state index contributed by atoms with van der Waals surface area (Å²) < 4.78 is 0. The molecule has 1 saturated heterocycles. The summed E-state index contributed by atoms with van der Waals surface area (Å²) in [5.41, 5.74) is 2.42. The molecule has 0 radical (unpaired) electrons. The maximum Gasteiger partial charge on any atom is 0.222 e. The summed E-state index contributed by atoms with van der Waals surface area (Å²) in [5, 5.41) is 14.1. The summed E-state index contributed by atoms with van der Waals surface area (Å²) in [7, 11) is 0. The number of halogens is 1. The van der Waals surface area contributed by atoms with Gasteiger partial charge in [0.2, 0.25) is 5.91 Å². The molecule has 2 N–H and O–H groups in total. The lowest BCUT2D eigenvalue weighted by atomic mass is 9.73. The van der Waals surface area contributed by atoms with Gasteiger partial charge in [-0.25, -0.2) is 0 Å². The fourth-order valence-corrected chi connectivity index (χ4v) is 5.41. The largest absolute Gasteiger partial charge is 0.392 e. The first-order chi connectivity index (χ1) is 15.0. The van der Waals surface area contributed by atoms with Crippen molar-refractivity contribution in [2.24, 2.45) is 10.4 Å². The Hall–Kier alpha value is -1.35. The monoisotopic (exact) mass is 554 g/mol. The molecule has 6 nitrogen and oxygen atoms in total. The molecule has 3 aliphatic rings. The second kappa shape index (κ2) is 11.2. The number of nitrogens with one attached hydrogen (secondary N) is 1. The number of rotatable bonds is 6. The van der Waals surface area contributed by atoms with E-state index in [0.717, 1.165) is 64.2 Å². The maximum absolute atomic E-state index is 12.0. The zero-order valence-corrected chi connectivity index (χ0v) is 21.9. The lowest BCUT2D eigenvalue weighted by Crippen LogP contribution is -2.43. The molecule has 1 aliphatic carbocycles. The van der Waals surface area contributed by atoms with E-state index in [0.29, 0.717) is 24.8 Å². The number of guanidine groups is 1. The standard InChI is InChI=1S/C25H38N4O2.HI/c1-3-26-24(27-18-25(2)14-7-6-11-22(25)30)29-17-19(20-9-4-5-10-21(20)29)13-16-28-15-8-12-23(28)31;/h4-5,9-10,19,22,30H,3,6-8,11-18H2,1-2H3,(H,26,27);1H. The lowest BCUT2D eigenvalue weighted by molar-refractivity contribution is -0.127. The van der Waals surface area contributed by atoms with Crippen LogP contribution in [0, 0.1) is 5.41 Å². The van der Waals surface area contributed by atoms with Gasteiger partial charge in [0.1, 0.15) is 0 Å². The van der Waals surface area contributed by atoms with Gasteiger partial charge in [-0.1, -0.05) is 38.0 Å². The van der Waals surface area contributed by atoms with E-state index in [1.54, 1.807) is 0 Å². The van der Waals surface area contributed by atoms with Crippen LogP contribution in [0.25, 0.3) is 0 Å². The van der Waals surface area contributed by atoms with Gasteiger partial charge < -0.3 is 20.2 Å². The number of carbonyl (C=O) groups is 1. The van der Waals surface area contributed by atoms with E-state index >= 15 is 0 Å². The summed E-state index contributed by atoms with van der Waals surface area (Å²) in [6.45, 7) is 8.35. The van der Waals surface area contributed by atoms with Crippen molar-refractivity contribution in [2.45, 2.75) is 70.8 Å². The molecule has 1 saturated carbocycles. The minimum atomic E-state index is -0.274. The van der Waals surface area contributed by atoms with E-state index in [-0.39, 0.29) is 35.5 Å². The molecule has 1 aromatic carbocycles. The van der Waals surface area contributed by atoms with Gasteiger partial charge in [-0.05, 0) is 44.2 Å². The third-order valence-electron chi connectivity index (χ3n) is 7.45. The number of fused-ring (bicyclic) bond motifs is 1. The predicted molar refractivity (Wildman–Crippen MR) is 141 cm³/mol. The molecule has 2 aliphatic heterocycles. The highest BCUT2D eigenvalue weighted by molar-refractivity contribution is 14.0. The average Bonchev–Trinajstić information content (AvgIpc) is 3.35. The molecule has 7 heteroatoms. The van der Waals surface area contributed by atoms with Crippen LogP contribution >= 0.6 is 24.0 Å². The molecular formula is C25H39IN4O2. The quantitative estimate of drug-likeness (QED) is 0.316. The Kier molecular flexibility index (Phi) is 8.83. The smallest absolute Gasteiger partial charge is 0.222 e. The summed E-state index contributed by atoms with van der Waals surface area (Å²) in [5.74, 6) is 1.61. The Labute approximate surface area is 209 Å². The molecule has 2 heterocycles. The average molecular weight is 555 g/mol. The number of benzene rings is 1. The van der Waals surface area contributed by atoms with Crippen LogP contribution < -0.4 is 10.2 Å². The Bertz CT molecular complexity index is 817. The molecule has 178 valence electrons. The minimum absolute atomic E-state index is 0. The van der Waals surface area contributed by atoms with E-state index in [2.05, 4.69) is 48.3 Å². The van der Waals surface area contributed by atoms with Gasteiger partial charge in [-0.3, -0.25) is 9.79 Å².